The van der Waals surface area contributed by atoms with E-state index in [0.717, 1.165) is 5.56 Å². The van der Waals surface area contributed by atoms with Crippen LogP contribution in [0.25, 0.3) is 11.4 Å². The van der Waals surface area contributed by atoms with Crippen LogP contribution < -0.4 is 0 Å². The molecule has 2 aromatic rings. The summed E-state index contributed by atoms with van der Waals surface area (Å²) in [6.45, 7) is 0. The van der Waals surface area contributed by atoms with Crippen LogP contribution in [0.2, 0.25) is 0 Å². The summed E-state index contributed by atoms with van der Waals surface area (Å²) in [7, 11) is 0. The first-order chi connectivity index (χ1) is 5.47. The van der Waals surface area contributed by atoms with Crippen LogP contribution in [0.3, 0.4) is 0 Å². The molecule has 0 atom stereocenters. The van der Waals surface area contributed by atoms with E-state index in [1.54, 1.807) is 0 Å². The summed E-state index contributed by atoms with van der Waals surface area (Å²) in [5, 5.41) is 13.4. The maximum atomic E-state index is 3.77. The first-order valence-corrected chi connectivity index (χ1v) is 3.26. The Morgan fingerprint density at radius 1 is 1.08 bits per heavy atom. The molecule has 12 heavy (non-hydrogen) atoms. The summed E-state index contributed by atoms with van der Waals surface area (Å²) in [5.41, 5.74) is 0.998. The third-order valence-electron chi connectivity index (χ3n) is 1.39. The zero-order chi connectivity index (χ0) is 7.52. The molecule has 0 aliphatic heterocycles. The summed E-state index contributed by atoms with van der Waals surface area (Å²) in [4.78, 5) is 0. The molecule has 5 heteroatoms. The normalized spacial score (nSPS) is 9.00. The Balaban J connectivity index is 0.000000720. The Morgan fingerprint density at radius 3 is 2.42 bits per heavy atom. The first kappa shape index (κ1) is 9.30. The molecule has 0 spiro atoms. The number of hydrogen-bond acceptors (Lipinski definition) is 3. The van der Waals surface area contributed by atoms with Gasteiger partial charge in [-0.05, 0) is 10.4 Å². The predicted octanol–water partition coefficient (Wildman–Crippen LogP) is -0.0495. The molecule has 60 valence electrons. The Hall–Kier alpha value is -0.788. The minimum atomic E-state index is 0. The van der Waals surface area contributed by atoms with Gasteiger partial charge >= 0.3 is 27.3 Å². The average molecular weight is 355 g/mol. The van der Waals surface area contributed by atoms with Crippen molar-refractivity contribution in [3.63, 3.8) is 0 Å². The number of H-pyrrole nitrogens is 1. The summed E-state index contributed by atoms with van der Waals surface area (Å²) < 4.78 is 0. The van der Waals surface area contributed by atoms with Crippen molar-refractivity contribution in [2.24, 2.45) is 0 Å². The van der Waals surface area contributed by atoms with Gasteiger partial charge in [-0.25, -0.2) is 5.10 Å². The molecule has 4 nitrogen and oxygen atoms in total. The van der Waals surface area contributed by atoms with Gasteiger partial charge in [0.05, 0.1) is 0 Å². The molecule has 0 unspecified atom stereocenters. The monoisotopic (exact) mass is 356 g/mol. The van der Waals surface area contributed by atoms with E-state index in [4.69, 9.17) is 0 Å². The molecule has 1 heterocycles. The zero-order valence-electron chi connectivity index (χ0n) is 6.44. The second-order valence-corrected chi connectivity index (χ2v) is 2.12. The van der Waals surface area contributed by atoms with E-state index in [1.165, 1.54) is 0 Å². The van der Waals surface area contributed by atoms with Crippen LogP contribution in [-0.4, -0.2) is 47.9 Å². The third kappa shape index (κ3) is 1.87. The van der Waals surface area contributed by atoms with Crippen LogP contribution >= 0.6 is 0 Å². The Labute approximate surface area is 89.5 Å². The Morgan fingerprint density at radius 2 is 1.83 bits per heavy atom. The Bertz CT molecular complexity index is 318. The maximum Gasteiger partial charge on any atom is 0.179 e. The van der Waals surface area contributed by atoms with Crippen molar-refractivity contribution in [2.45, 2.75) is 0 Å². The zero-order valence-corrected chi connectivity index (χ0v) is 11.9. The molecule has 0 aliphatic carbocycles. The second kappa shape index (κ2) is 4.29. The fraction of sp³-hybridized carbons (Fsp3) is 0. The van der Waals surface area contributed by atoms with Crippen LogP contribution in [0.5, 0.6) is 0 Å². The van der Waals surface area contributed by atoms with E-state index in [2.05, 4.69) is 20.6 Å². The molecule has 1 aromatic carbocycles. The smallest absolute Gasteiger partial charge is 0.179 e. The van der Waals surface area contributed by atoms with E-state index in [9.17, 15) is 0 Å². The molecule has 2 radical (unpaired) electrons. The van der Waals surface area contributed by atoms with Gasteiger partial charge in [0.25, 0.3) is 0 Å². The number of aromatic nitrogens is 4. The van der Waals surface area contributed by atoms with Gasteiger partial charge in [-0.3, -0.25) is 0 Å². The number of nitrogens with zero attached hydrogens (tertiary/aromatic N) is 3. The average Bonchev–Trinajstić information content (AvgIpc) is 2.58. The summed E-state index contributed by atoms with van der Waals surface area (Å²) in [6.07, 6.45) is 0. The van der Waals surface area contributed by atoms with E-state index in [1.807, 2.05) is 30.3 Å². The number of aromatic amines is 1. The number of rotatable bonds is 1. The van der Waals surface area contributed by atoms with Crippen LogP contribution in [0.4, 0.5) is 0 Å². The minimum absolute atomic E-state index is 0. The summed E-state index contributed by atoms with van der Waals surface area (Å²) in [6, 6.07) is 9.73. The van der Waals surface area contributed by atoms with E-state index in [0.29, 0.717) is 5.82 Å². The Kier molecular flexibility index (Phi) is 3.33. The van der Waals surface area contributed by atoms with Gasteiger partial charge in [0.1, 0.15) is 0 Å². The van der Waals surface area contributed by atoms with Crippen molar-refractivity contribution in [2.75, 3.05) is 0 Å². The number of tetrazole rings is 1. The SMILES string of the molecule is [PbH2].c1ccc(-c2nnn[nH]2)cc1. The van der Waals surface area contributed by atoms with Crippen molar-refractivity contribution in [1.29, 1.82) is 0 Å². The molecule has 0 aliphatic rings. The number of benzene rings is 1. The summed E-state index contributed by atoms with van der Waals surface area (Å²) in [5.74, 6) is 0.700. The molecule has 0 saturated carbocycles. The van der Waals surface area contributed by atoms with Gasteiger partial charge in [-0.15, -0.1) is 5.10 Å². The molecular formula is C7H8N4Pb. The van der Waals surface area contributed by atoms with E-state index >= 15 is 0 Å². The van der Waals surface area contributed by atoms with Gasteiger partial charge in [0, 0.05) is 5.56 Å². The van der Waals surface area contributed by atoms with E-state index < -0.39 is 0 Å². The molecule has 0 bridgehead atoms. The van der Waals surface area contributed by atoms with Crippen LogP contribution in [0.1, 0.15) is 0 Å². The predicted molar refractivity (Wildman–Crippen MR) is 48.2 cm³/mol. The van der Waals surface area contributed by atoms with Crippen molar-refractivity contribution >= 4 is 27.3 Å². The van der Waals surface area contributed by atoms with Crippen LogP contribution in [0, 0.1) is 0 Å². The van der Waals surface area contributed by atoms with Crippen LogP contribution in [-0.2, 0) is 0 Å². The van der Waals surface area contributed by atoms with Gasteiger partial charge in [0.15, 0.2) is 5.82 Å². The molecule has 2 rings (SSSR count). The van der Waals surface area contributed by atoms with Crippen LogP contribution in [0.15, 0.2) is 30.3 Å². The quantitative estimate of drug-likeness (QED) is 0.730. The van der Waals surface area contributed by atoms with Gasteiger partial charge in [0.2, 0.25) is 0 Å². The number of nitrogens with one attached hydrogen (secondary N) is 1. The third-order valence-corrected chi connectivity index (χ3v) is 1.39. The van der Waals surface area contributed by atoms with Gasteiger partial charge in [-0.2, -0.15) is 0 Å². The molecule has 0 saturated heterocycles. The second-order valence-electron chi connectivity index (χ2n) is 2.12. The largest absolute Gasteiger partial charge is 0.239 e. The molecule has 1 N–H and O–H groups in total. The maximum absolute atomic E-state index is 3.77. The van der Waals surface area contributed by atoms with Crippen molar-refractivity contribution in [1.82, 2.24) is 20.6 Å². The fourth-order valence-corrected chi connectivity index (χ4v) is 0.877. The minimum Gasteiger partial charge on any atom is -0.239 e. The first-order valence-electron chi connectivity index (χ1n) is 3.26. The molecule has 1 aromatic heterocycles. The van der Waals surface area contributed by atoms with Gasteiger partial charge < -0.3 is 0 Å². The molecule has 0 fully saturated rings. The summed E-state index contributed by atoms with van der Waals surface area (Å²) >= 11 is 0. The molecular weight excluding hydrogens is 347 g/mol. The molecule has 0 amide bonds. The fourth-order valence-electron chi connectivity index (χ4n) is 0.877. The van der Waals surface area contributed by atoms with Gasteiger partial charge in [-0.1, -0.05) is 30.3 Å². The van der Waals surface area contributed by atoms with Crippen molar-refractivity contribution in [3.8, 4) is 11.4 Å². The van der Waals surface area contributed by atoms with Crippen molar-refractivity contribution < 1.29 is 0 Å². The topological polar surface area (TPSA) is 54.5 Å². The number of hydrogen-bond donors (Lipinski definition) is 1. The van der Waals surface area contributed by atoms with E-state index in [-0.39, 0.29) is 27.3 Å². The standard InChI is InChI=1S/C7H6N4.Pb.2H/c1-2-4-6(5-3-1)7-8-10-11-9-7;;;/h1-5H,(H,8,9,10,11);;;. The van der Waals surface area contributed by atoms with Crippen molar-refractivity contribution in [3.05, 3.63) is 30.3 Å².